The number of oxazole rings is 1. The van der Waals surface area contributed by atoms with Gasteiger partial charge in [0.1, 0.15) is 11.3 Å². The quantitative estimate of drug-likeness (QED) is 0.244. The second kappa shape index (κ2) is 11.1. The van der Waals surface area contributed by atoms with Crippen LogP contribution in [-0.4, -0.2) is 22.1 Å². The fourth-order valence-corrected chi connectivity index (χ4v) is 4.04. The predicted molar refractivity (Wildman–Crippen MR) is 149 cm³/mol. The van der Waals surface area contributed by atoms with Gasteiger partial charge < -0.3 is 14.5 Å². The number of hydrogen-bond donors (Lipinski definition) is 2. The number of anilines is 1. The summed E-state index contributed by atoms with van der Waals surface area (Å²) in [6.45, 7) is 8.21. The van der Waals surface area contributed by atoms with Crippen molar-refractivity contribution in [2.24, 2.45) is 0 Å². The third-order valence-corrected chi connectivity index (χ3v) is 6.28. The summed E-state index contributed by atoms with van der Waals surface area (Å²) in [6, 6.07) is 18.4. The molecule has 0 unspecified atom stereocenters. The average molecular weight is 522 g/mol. The molecule has 1 aromatic heterocycles. The van der Waals surface area contributed by atoms with Crippen molar-refractivity contribution >= 4 is 51.6 Å². The molecule has 0 fully saturated rings. The standard InChI is InChI=1S/C28H28ClN3O3S/c1-5-17(4)18-10-12-25-24(14-18)30-27(35-25)20-9-11-22(29)23(15-20)31-28(36)32-26(33)19-7-6-8-21(13-19)34-16(2)3/h6-17H,5H2,1-4H3,(H2,31,32,33,36)/t17-/m0/s1. The van der Waals surface area contributed by atoms with Crippen LogP contribution in [0.3, 0.4) is 0 Å². The van der Waals surface area contributed by atoms with Gasteiger partial charge in [-0.15, -0.1) is 0 Å². The monoisotopic (exact) mass is 521 g/mol. The lowest BCUT2D eigenvalue weighted by atomic mass is 9.98. The van der Waals surface area contributed by atoms with Gasteiger partial charge in [0.15, 0.2) is 10.7 Å². The number of nitrogens with one attached hydrogen (secondary N) is 2. The van der Waals surface area contributed by atoms with Crippen molar-refractivity contribution in [3.05, 3.63) is 76.8 Å². The van der Waals surface area contributed by atoms with Gasteiger partial charge in [-0.2, -0.15) is 0 Å². The van der Waals surface area contributed by atoms with Gasteiger partial charge >= 0.3 is 0 Å². The Morgan fingerprint density at radius 3 is 2.67 bits per heavy atom. The second-order valence-corrected chi connectivity index (χ2v) is 9.67. The minimum Gasteiger partial charge on any atom is -0.491 e. The van der Waals surface area contributed by atoms with E-state index >= 15 is 0 Å². The molecule has 36 heavy (non-hydrogen) atoms. The first kappa shape index (κ1) is 25.7. The van der Waals surface area contributed by atoms with E-state index in [0.29, 0.717) is 39.4 Å². The number of fused-ring (bicyclic) bond motifs is 1. The third kappa shape index (κ3) is 6.04. The van der Waals surface area contributed by atoms with Crippen LogP contribution >= 0.6 is 23.8 Å². The van der Waals surface area contributed by atoms with Gasteiger partial charge in [0.25, 0.3) is 5.91 Å². The number of aromatic nitrogens is 1. The maximum Gasteiger partial charge on any atom is 0.257 e. The molecule has 0 spiro atoms. The molecular formula is C28H28ClN3O3S. The number of carbonyl (C=O) groups is 1. The van der Waals surface area contributed by atoms with Gasteiger partial charge in [-0.05, 0) is 92.5 Å². The number of amides is 1. The predicted octanol–water partition coefficient (Wildman–Crippen LogP) is 7.58. The van der Waals surface area contributed by atoms with Crippen LogP contribution in [0.4, 0.5) is 5.69 Å². The highest BCUT2D eigenvalue weighted by molar-refractivity contribution is 7.80. The third-order valence-electron chi connectivity index (χ3n) is 5.75. The number of hydrogen-bond acceptors (Lipinski definition) is 5. The van der Waals surface area contributed by atoms with Crippen LogP contribution in [-0.2, 0) is 0 Å². The molecule has 6 nitrogen and oxygen atoms in total. The fourth-order valence-electron chi connectivity index (χ4n) is 3.68. The fraction of sp³-hybridized carbons (Fsp3) is 0.250. The zero-order valence-corrected chi connectivity index (χ0v) is 22.2. The molecule has 4 rings (SSSR count). The van der Waals surface area contributed by atoms with E-state index in [-0.39, 0.29) is 17.1 Å². The lowest BCUT2D eigenvalue weighted by Crippen LogP contribution is -2.34. The van der Waals surface area contributed by atoms with Gasteiger partial charge in [0.05, 0.1) is 16.8 Å². The summed E-state index contributed by atoms with van der Waals surface area (Å²) in [7, 11) is 0. The van der Waals surface area contributed by atoms with Crippen molar-refractivity contribution in [2.45, 2.75) is 46.1 Å². The molecule has 1 heterocycles. The Balaban J connectivity index is 1.50. The van der Waals surface area contributed by atoms with Gasteiger partial charge in [-0.3, -0.25) is 10.1 Å². The first-order chi connectivity index (χ1) is 17.2. The minimum atomic E-state index is -0.356. The molecule has 0 aliphatic rings. The van der Waals surface area contributed by atoms with Crippen LogP contribution in [0.2, 0.25) is 5.02 Å². The SMILES string of the molecule is CC[C@H](C)c1ccc2oc(-c3ccc(Cl)c(NC(=S)NC(=O)c4cccc(OC(C)C)c4)c3)nc2c1. The zero-order chi connectivity index (χ0) is 25.8. The van der Waals surface area contributed by atoms with Gasteiger partial charge in [-0.25, -0.2) is 4.98 Å². The van der Waals surface area contributed by atoms with E-state index in [4.69, 9.17) is 33.0 Å². The van der Waals surface area contributed by atoms with Crippen LogP contribution in [0.25, 0.3) is 22.6 Å². The van der Waals surface area contributed by atoms with Crippen molar-refractivity contribution in [3.63, 3.8) is 0 Å². The van der Waals surface area contributed by atoms with Crippen LogP contribution < -0.4 is 15.4 Å². The van der Waals surface area contributed by atoms with E-state index < -0.39 is 0 Å². The first-order valence-electron chi connectivity index (χ1n) is 11.8. The number of halogens is 1. The summed E-state index contributed by atoms with van der Waals surface area (Å²) in [5, 5.41) is 6.24. The van der Waals surface area contributed by atoms with Crippen molar-refractivity contribution in [2.75, 3.05) is 5.32 Å². The van der Waals surface area contributed by atoms with E-state index in [2.05, 4.69) is 41.6 Å². The smallest absolute Gasteiger partial charge is 0.257 e. The molecule has 0 aliphatic heterocycles. The molecule has 0 saturated heterocycles. The number of rotatable bonds is 7. The van der Waals surface area contributed by atoms with Crippen molar-refractivity contribution in [1.29, 1.82) is 0 Å². The first-order valence-corrected chi connectivity index (χ1v) is 12.6. The Kier molecular flexibility index (Phi) is 7.91. The highest BCUT2D eigenvalue weighted by Crippen LogP contribution is 2.32. The van der Waals surface area contributed by atoms with Crippen LogP contribution in [0.15, 0.2) is 65.1 Å². The summed E-state index contributed by atoms with van der Waals surface area (Å²) >= 11 is 11.8. The van der Waals surface area contributed by atoms with E-state index in [9.17, 15) is 4.79 Å². The van der Waals surface area contributed by atoms with Crippen LogP contribution in [0.1, 0.15) is 56.0 Å². The number of ether oxygens (including phenoxy) is 1. The summed E-state index contributed by atoms with van der Waals surface area (Å²) < 4.78 is 11.6. The molecule has 2 N–H and O–H groups in total. The molecule has 0 radical (unpaired) electrons. The molecule has 8 heteroatoms. The lowest BCUT2D eigenvalue weighted by Gasteiger charge is -2.13. The Bertz CT molecular complexity index is 1420. The number of nitrogens with zero attached hydrogens (tertiary/aromatic N) is 1. The molecule has 0 saturated carbocycles. The molecule has 3 aromatic carbocycles. The Hall–Kier alpha value is -3.42. The van der Waals surface area contributed by atoms with Crippen LogP contribution in [0, 0.1) is 0 Å². The summed E-state index contributed by atoms with van der Waals surface area (Å²) in [6.07, 6.45) is 1.06. The number of carbonyl (C=O) groups excluding carboxylic acids is 1. The topological polar surface area (TPSA) is 76.4 Å². The molecule has 186 valence electrons. The van der Waals surface area contributed by atoms with E-state index in [0.717, 1.165) is 17.5 Å². The maximum absolute atomic E-state index is 12.7. The van der Waals surface area contributed by atoms with Gasteiger partial charge in [0.2, 0.25) is 5.89 Å². The number of thiocarbonyl (C=S) groups is 1. The zero-order valence-electron chi connectivity index (χ0n) is 20.6. The van der Waals surface area contributed by atoms with Gasteiger partial charge in [0, 0.05) is 11.1 Å². The lowest BCUT2D eigenvalue weighted by molar-refractivity contribution is 0.0977. The molecule has 0 bridgehead atoms. The van der Waals surface area contributed by atoms with E-state index in [1.807, 2.05) is 26.0 Å². The highest BCUT2D eigenvalue weighted by Gasteiger charge is 2.15. The van der Waals surface area contributed by atoms with E-state index in [1.165, 1.54) is 5.56 Å². The number of benzene rings is 3. The Labute approximate surface area is 221 Å². The van der Waals surface area contributed by atoms with Crippen molar-refractivity contribution < 1.29 is 13.9 Å². The Morgan fingerprint density at radius 1 is 1.11 bits per heavy atom. The second-order valence-electron chi connectivity index (χ2n) is 8.85. The normalized spacial score (nSPS) is 11.9. The van der Waals surface area contributed by atoms with Crippen LogP contribution in [0.5, 0.6) is 5.75 Å². The average Bonchev–Trinajstić information content (AvgIpc) is 3.28. The highest BCUT2D eigenvalue weighted by atomic mass is 35.5. The van der Waals surface area contributed by atoms with Gasteiger partial charge in [-0.1, -0.05) is 37.6 Å². The van der Waals surface area contributed by atoms with Crippen molar-refractivity contribution in [1.82, 2.24) is 10.3 Å². The largest absolute Gasteiger partial charge is 0.491 e. The maximum atomic E-state index is 12.7. The summed E-state index contributed by atoms with van der Waals surface area (Å²) in [5.41, 5.74) is 4.44. The minimum absolute atomic E-state index is 0.00340. The summed E-state index contributed by atoms with van der Waals surface area (Å²) in [4.78, 5) is 17.4. The molecule has 1 amide bonds. The Morgan fingerprint density at radius 2 is 1.92 bits per heavy atom. The molecule has 4 aromatic rings. The molecule has 0 aliphatic carbocycles. The molecular weight excluding hydrogens is 494 g/mol. The van der Waals surface area contributed by atoms with Crippen molar-refractivity contribution in [3.8, 4) is 17.2 Å². The molecule has 1 atom stereocenters. The van der Waals surface area contributed by atoms with E-state index in [1.54, 1.807) is 36.4 Å². The summed E-state index contributed by atoms with van der Waals surface area (Å²) in [5.74, 6) is 1.18.